The third kappa shape index (κ3) is 2.10. The van der Waals surface area contributed by atoms with Gasteiger partial charge in [-0.05, 0) is 24.8 Å². The minimum Gasteiger partial charge on any atom is -0.382 e. The lowest BCUT2D eigenvalue weighted by atomic mass is 9.81. The van der Waals surface area contributed by atoms with Crippen molar-refractivity contribution < 1.29 is 0 Å². The van der Waals surface area contributed by atoms with Crippen molar-refractivity contribution in [2.24, 2.45) is 11.1 Å². The Morgan fingerprint density at radius 3 is 2.74 bits per heavy atom. The fraction of sp³-hybridized carbons (Fsp3) is 0.583. The second-order valence-corrected chi connectivity index (χ2v) is 5.47. The highest BCUT2D eigenvalue weighted by Gasteiger charge is 2.29. The van der Waals surface area contributed by atoms with Crippen LogP contribution in [0.2, 0.25) is 0 Å². The Balaban J connectivity index is 1.84. The third-order valence-corrected chi connectivity index (χ3v) is 4.02. The molecule has 1 radical (unpaired) electrons. The Bertz CT molecular complexity index is 583. The summed E-state index contributed by atoms with van der Waals surface area (Å²) in [7, 11) is 0. The Kier molecular flexibility index (Phi) is 2.78. The number of hydrogen-bond donors (Lipinski definition) is 3. The highest BCUT2D eigenvalue weighted by Crippen LogP contribution is 2.31. The molecular formula is C12H18N7. The van der Waals surface area contributed by atoms with E-state index in [9.17, 15) is 0 Å². The van der Waals surface area contributed by atoms with Gasteiger partial charge in [0.2, 0.25) is 12.3 Å². The summed E-state index contributed by atoms with van der Waals surface area (Å²) in [6.07, 6.45) is 4.63. The molecule has 0 atom stereocenters. The molecule has 19 heavy (non-hydrogen) atoms. The van der Waals surface area contributed by atoms with Gasteiger partial charge in [0.15, 0.2) is 11.5 Å². The molecule has 7 nitrogen and oxygen atoms in total. The molecule has 1 saturated heterocycles. The zero-order valence-electron chi connectivity index (χ0n) is 11.0. The molecule has 0 saturated carbocycles. The van der Waals surface area contributed by atoms with Crippen LogP contribution in [-0.4, -0.2) is 39.6 Å². The first-order valence-corrected chi connectivity index (χ1v) is 6.46. The molecule has 0 spiro atoms. The van der Waals surface area contributed by atoms with E-state index >= 15 is 0 Å². The van der Waals surface area contributed by atoms with Crippen LogP contribution in [0.25, 0.3) is 11.2 Å². The molecule has 0 bridgehead atoms. The van der Waals surface area contributed by atoms with E-state index in [1.165, 1.54) is 0 Å². The first-order chi connectivity index (χ1) is 9.11. The first kappa shape index (κ1) is 12.2. The maximum Gasteiger partial charge on any atom is 0.205 e. The van der Waals surface area contributed by atoms with Gasteiger partial charge >= 0.3 is 0 Å². The van der Waals surface area contributed by atoms with Crippen LogP contribution < -0.4 is 16.4 Å². The van der Waals surface area contributed by atoms with E-state index in [1.54, 1.807) is 0 Å². The normalized spacial score (nSPS) is 18.9. The number of aromatic nitrogens is 4. The summed E-state index contributed by atoms with van der Waals surface area (Å²) < 4.78 is 0. The van der Waals surface area contributed by atoms with Crippen LogP contribution in [0.3, 0.4) is 0 Å². The van der Waals surface area contributed by atoms with E-state index in [0.717, 1.165) is 38.4 Å². The van der Waals surface area contributed by atoms with Gasteiger partial charge in [-0.25, -0.2) is 9.97 Å². The van der Waals surface area contributed by atoms with Crippen molar-refractivity contribution in [2.75, 3.05) is 30.3 Å². The topological polar surface area (TPSA) is 110 Å². The van der Waals surface area contributed by atoms with Gasteiger partial charge in [0.05, 0.1) is 0 Å². The molecule has 1 aliphatic heterocycles. The monoisotopic (exact) mass is 260 g/mol. The number of nitrogens with two attached hydrogens (primary N) is 2. The number of aromatic amines is 1. The molecule has 7 heteroatoms. The van der Waals surface area contributed by atoms with Crippen LogP contribution in [-0.2, 0) is 0 Å². The van der Waals surface area contributed by atoms with E-state index in [0.29, 0.717) is 17.0 Å². The zero-order chi connectivity index (χ0) is 13.5. The highest BCUT2D eigenvalue weighted by molar-refractivity contribution is 5.82. The number of nitrogens with one attached hydrogen (secondary N) is 1. The van der Waals surface area contributed by atoms with Crippen molar-refractivity contribution >= 4 is 22.9 Å². The quantitative estimate of drug-likeness (QED) is 0.716. The molecule has 0 aliphatic carbocycles. The van der Waals surface area contributed by atoms with Crippen molar-refractivity contribution in [3.05, 3.63) is 6.33 Å². The van der Waals surface area contributed by atoms with Gasteiger partial charge in [-0.2, -0.15) is 4.98 Å². The first-order valence-electron chi connectivity index (χ1n) is 6.46. The number of nitrogens with zero attached hydrogens (tertiary/aromatic N) is 4. The Labute approximate surface area is 111 Å². The number of imidazole rings is 1. The van der Waals surface area contributed by atoms with Gasteiger partial charge in [-0.3, -0.25) is 0 Å². The van der Waals surface area contributed by atoms with Crippen LogP contribution in [0.5, 0.6) is 0 Å². The summed E-state index contributed by atoms with van der Waals surface area (Å²) in [5.74, 6) is 1.18. The van der Waals surface area contributed by atoms with Gasteiger partial charge in [-0.1, -0.05) is 6.92 Å². The second-order valence-electron chi connectivity index (χ2n) is 5.47. The van der Waals surface area contributed by atoms with Gasteiger partial charge in [0.25, 0.3) is 0 Å². The van der Waals surface area contributed by atoms with E-state index in [4.69, 9.17) is 11.5 Å². The molecule has 101 valence electrons. The van der Waals surface area contributed by atoms with E-state index in [1.807, 2.05) is 0 Å². The van der Waals surface area contributed by atoms with Crippen molar-refractivity contribution in [1.82, 2.24) is 19.9 Å². The maximum absolute atomic E-state index is 5.82. The number of hydrogen-bond acceptors (Lipinski definition) is 6. The number of anilines is 2. The lowest BCUT2D eigenvalue weighted by Crippen LogP contribution is -2.42. The molecule has 5 N–H and O–H groups in total. The summed E-state index contributed by atoms with van der Waals surface area (Å²) in [4.78, 5) is 17.7. The van der Waals surface area contributed by atoms with Crippen molar-refractivity contribution in [2.45, 2.75) is 19.8 Å². The number of H-pyrrole nitrogens is 1. The van der Waals surface area contributed by atoms with Crippen molar-refractivity contribution in [3.63, 3.8) is 0 Å². The van der Waals surface area contributed by atoms with E-state index in [2.05, 4.69) is 38.1 Å². The standard InChI is InChI=1S/C12H18N7/c1-12(6-13)2-4-19(5-3-12)11-17-8-9(14)15-7-16-10(8)18-11/h2-6,13H2,1H3,(H3,14,15,16,17,18). The largest absolute Gasteiger partial charge is 0.382 e. The fourth-order valence-corrected chi connectivity index (χ4v) is 2.41. The van der Waals surface area contributed by atoms with Gasteiger partial charge in [0.1, 0.15) is 5.52 Å². The maximum atomic E-state index is 5.82. The summed E-state index contributed by atoms with van der Waals surface area (Å²) in [5.41, 5.74) is 13.1. The minimum absolute atomic E-state index is 0.245. The van der Waals surface area contributed by atoms with E-state index < -0.39 is 0 Å². The van der Waals surface area contributed by atoms with Gasteiger partial charge in [-0.15, -0.1) is 0 Å². The molecule has 3 heterocycles. The minimum atomic E-state index is 0.245. The molecule has 3 rings (SSSR count). The summed E-state index contributed by atoms with van der Waals surface area (Å²) in [5, 5.41) is 0. The predicted octanol–water partition coefficient (Wildman–Crippen LogP) is 0.300. The lowest BCUT2D eigenvalue weighted by molar-refractivity contribution is 0.257. The number of rotatable bonds is 2. The second kappa shape index (κ2) is 4.34. The number of piperidine rings is 1. The van der Waals surface area contributed by atoms with Crippen LogP contribution in [0.1, 0.15) is 19.8 Å². The summed E-state index contributed by atoms with van der Waals surface area (Å²) in [6, 6.07) is 0. The predicted molar refractivity (Wildman–Crippen MR) is 73.5 cm³/mol. The molecule has 0 amide bonds. The molecule has 0 aromatic carbocycles. The summed E-state index contributed by atoms with van der Waals surface area (Å²) >= 11 is 0. The Hall–Kier alpha value is -1.89. The molecule has 2 aromatic rings. The van der Waals surface area contributed by atoms with Crippen LogP contribution in [0, 0.1) is 11.7 Å². The summed E-state index contributed by atoms with van der Waals surface area (Å²) in [6.45, 7) is 4.84. The molecular weight excluding hydrogens is 242 g/mol. The SMILES string of the molecule is CC1(CN)CCN(c2nc3n[c]nc(N)c3[nH]2)CC1. The van der Waals surface area contributed by atoms with Crippen LogP contribution in [0.4, 0.5) is 11.8 Å². The molecule has 2 aromatic heterocycles. The third-order valence-electron chi connectivity index (χ3n) is 4.02. The molecule has 0 unspecified atom stereocenters. The van der Waals surface area contributed by atoms with Crippen LogP contribution in [0.15, 0.2) is 0 Å². The Morgan fingerprint density at radius 2 is 2.11 bits per heavy atom. The lowest BCUT2D eigenvalue weighted by Gasteiger charge is -2.38. The average molecular weight is 260 g/mol. The molecule has 1 fully saturated rings. The Morgan fingerprint density at radius 1 is 1.37 bits per heavy atom. The smallest absolute Gasteiger partial charge is 0.205 e. The highest BCUT2D eigenvalue weighted by atomic mass is 15.3. The van der Waals surface area contributed by atoms with E-state index in [-0.39, 0.29) is 5.41 Å². The molecule has 1 aliphatic rings. The van der Waals surface area contributed by atoms with Gasteiger partial charge < -0.3 is 21.4 Å². The van der Waals surface area contributed by atoms with Gasteiger partial charge in [0, 0.05) is 13.1 Å². The van der Waals surface area contributed by atoms with Crippen molar-refractivity contribution in [1.29, 1.82) is 0 Å². The van der Waals surface area contributed by atoms with Crippen molar-refractivity contribution in [3.8, 4) is 0 Å². The number of nitrogen functional groups attached to an aromatic ring is 1. The van der Waals surface area contributed by atoms with Crippen LogP contribution >= 0.6 is 0 Å². The number of fused-ring (bicyclic) bond motifs is 1. The zero-order valence-corrected chi connectivity index (χ0v) is 11.0. The average Bonchev–Trinajstić information content (AvgIpc) is 2.85. The fourth-order valence-electron chi connectivity index (χ4n) is 2.41.